The van der Waals surface area contributed by atoms with Gasteiger partial charge in [0.25, 0.3) is 0 Å². The maximum absolute atomic E-state index is 12.4. The van der Waals surface area contributed by atoms with Crippen LogP contribution in [0.5, 0.6) is 0 Å². The average molecular weight is 288 g/mol. The lowest BCUT2D eigenvalue weighted by molar-refractivity contribution is -0.131. The second-order valence-corrected chi connectivity index (χ2v) is 5.69. The molecule has 5 heteroatoms. The smallest absolute Gasteiger partial charge is 0.299 e. The molecule has 1 rings (SSSR count). The van der Waals surface area contributed by atoms with Crippen molar-refractivity contribution in [3.63, 3.8) is 0 Å². The van der Waals surface area contributed by atoms with Gasteiger partial charge in [-0.3, -0.25) is 4.90 Å². The summed E-state index contributed by atoms with van der Waals surface area (Å²) in [5, 5.41) is 0. The lowest BCUT2D eigenvalue weighted by Gasteiger charge is -2.27. The van der Waals surface area contributed by atoms with E-state index in [-0.39, 0.29) is 6.54 Å². The largest absolute Gasteiger partial charge is 0.402 e. The van der Waals surface area contributed by atoms with Crippen LogP contribution in [0.4, 0.5) is 13.2 Å². The van der Waals surface area contributed by atoms with Crippen molar-refractivity contribution in [1.82, 2.24) is 4.90 Å². The van der Waals surface area contributed by atoms with Gasteiger partial charge in [0, 0.05) is 19.1 Å². The molecule has 1 aliphatic rings. The predicted molar refractivity (Wildman–Crippen MR) is 58.2 cm³/mol. The molecule has 0 bridgehead atoms. The van der Waals surface area contributed by atoms with Gasteiger partial charge in [-0.15, -0.1) is 0 Å². The zero-order chi connectivity index (χ0) is 11.6. The molecule has 0 heterocycles. The van der Waals surface area contributed by atoms with Crippen LogP contribution in [0.15, 0.2) is 0 Å². The van der Waals surface area contributed by atoms with Crippen molar-refractivity contribution in [3.8, 4) is 0 Å². The molecule has 0 N–H and O–H groups in total. The van der Waals surface area contributed by atoms with E-state index in [0.29, 0.717) is 12.0 Å². The van der Waals surface area contributed by atoms with E-state index in [1.807, 2.05) is 18.7 Å². The molecule has 0 spiro atoms. The molecular formula is C10H17BrF3N. The van der Waals surface area contributed by atoms with Crippen LogP contribution in [-0.4, -0.2) is 35.0 Å². The first kappa shape index (κ1) is 13.3. The van der Waals surface area contributed by atoms with Gasteiger partial charge in [-0.25, -0.2) is 0 Å². The van der Waals surface area contributed by atoms with Gasteiger partial charge in [0.1, 0.15) is 4.83 Å². The minimum Gasteiger partial charge on any atom is -0.299 e. The molecule has 0 aromatic heterocycles. The van der Waals surface area contributed by atoms with Crippen LogP contribution < -0.4 is 0 Å². The molecule has 0 aromatic carbocycles. The SMILES string of the molecule is CC(C)CN(CC(Br)C(F)(F)F)C1CC1. The van der Waals surface area contributed by atoms with Gasteiger partial charge in [0.15, 0.2) is 0 Å². The van der Waals surface area contributed by atoms with Gasteiger partial charge in [-0.1, -0.05) is 29.8 Å². The van der Waals surface area contributed by atoms with Crippen LogP contribution in [0.3, 0.4) is 0 Å². The molecule has 1 aliphatic carbocycles. The Morgan fingerprint density at radius 3 is 2.13 bits per heavy atom. The van der Waals surface area contributed by atoms with Crippen molar-refractivity contribution in [2.45, 2.75) is 43.7 Å². The van der Waals surface area contributed by atoms with E-state index >= 15 is 0 Å². The summed E-state index contributed by atoms with van der Waals surface area (Å²) in [6.07, 6.45) is -2.04. The number of alkyl halides is 4. The third-order valence-electron chi connectivity index (χ3n) is 2.41. The van der Waals surface area contributed by atoms with Crippen LogP contribution >= 0.6 is 15.9 Å². The summed E-state index contributed by atoms with van der Waals surface area (Å²) < 4.78 is 37.1. The summed E-state index contributed by atoms with van der Waals surface area (Å²) in [6, 6.07) is 0.384. The van der Waals surface area contributed by atoms with Gasteiger partial charge in [-0.05, 0) is 18.8 Å². The maximum Gasteiger partial charge on any atom is 0.402 e. The van der Waals surface area contributed by atoms with E-state index in [2.05, 4.69) is 15.9 Å². The second-order valence-electron chi connectivity index (χ2n) is 4.59. The highest BCUT2D eigenvalue weighted by Crippen LogP contribution is 2.32. The number of hydrogen-bond donors (Lipinski definition) is 0. The molecular weight excluding hydrogens is 271 g/mol. The lowest BCUT2D eigenvalue weighted by Crippen LogP contribution is -2.40. The third-order valence-corrected chi connectivity index (χ3v) is 3.22. The molecule has 0 radical (unpaired) electrons. The molecule has 1 unspecified atom stereocenters. The van der Waals surface area contributed by atoms with Crippen LogP contribution in [0.2, 0.25) is 0 Å². The molecule has 90 valence electrons. The normalized spacial score (nSPS) is 20.0. The topological polar surface area (TPSA) is 3.24 Å². The Balaban J connectivity index is 2.43. The van der Waals surface area contributed by atoms with E-state index in [4.69, 9.17) is 0 Å². The van der Waals surface area contributed by atoms with E-state index in [1.54, 1.807) is 0 Å². The highest BCUT2D eigenvalue weighted by Gasteiger charge is 2.41. The first-order valence-electron chi connectivity index (χ1n) is 5.25. The third kappa shape index (κ3) is 4.72. The molecule has 1 atom stereocenters. The quantitative estimate of drug-likeness (QED) is 0.701. The standard InChI is InChI=1S/C10H17BrF3N/c1-7(2)5-15(8-3-4-8)6-9(11)10(12,13)14/h7-9H,3-6H2,1-2H3. The molecule has 1 fully saturated rings. The number of halogens is 4. The Bertz CT molecular complexity index is 201. The Morgan fingerprint density at radius 2 is 1.80 bits per heavy atom. The van der Waals surface area contributed by atoms with Crippen molar-refractivity contribution in [1.29, 1.82) is 0 Å². The molecule has 0 aromatic rings. The summed E-state index contributed by atoms with van der Waals surface area (Å²) in [5.41, 5.74) is 0. The van der Waals surface area contributed by atoms with E-state index in [0.717, 1.165) is 19.4 Å². The molecule has 0 saturated heterocycles. The van der Waals surface area contributed by atoms with Crippen LogP contribution in [0, 0.1) is 5.92 Å². The minimum absolute atomic E-state index is 0.0757. The summed E-state index contributed by atoms with van der Waals surface area (Å²) in [4.78, 5) is 0.557. The van der Waals surface area contributed by atoms with Gasteiger partial charge in [0.2, 0.25) is 0 Å². The zero-order valence-electron chi connectivity index (χ0n) is 9.02. The van der Waals surface area contributed by atoms with Crippen molar-refractivity contribution < 1.29 is 13.2 Å². The predicted octanol–water partition coefficient (Wildman–Crippen LogP) is 3.43. The highest BCUT2D eigenvalue weighted by atomic mass is 79.9. The van der Waals surface area contributed by atoms with E-state index in [1.165, 1.54) is 0 Å². The second kappa shape index (κ2) is 5.04. The lowest BCUT2D eigenvalue weighted by atomic mass is 10.2. The van der Waals surface area contributed by atoms with Gasteiger partial charge >= 0.3 is 6.18 Å². The Kier molecular flexibility index (Phi) is 4.47. The molecule has 1 saturated carbocycles. The Morgan fingerprint density at radius 1 is 1.27 bits per heavy atom. The molecule has 1 nitrogen and oxygen atoms in total. The first-order chi connectivity index (χ1) is 6.80. The Labute approximate surface area is 97.1 Å². The Hall–Kier alpha value is 0.230. The van der Waals surface area contributed by atoms with E-state index < -0.39 is 11.0 Å². The summed E-state index contributed by atoms with van der Waals surface area (Å²) >= 11 is 2.72. The molecule has 15 heavy (non-hydrogen) atoms. The number of nitrogens with zero attached hydrogens (tertiary/aromatic N) is 1. The van der Waals surface area contributed by atoms with Gasteiger partial charge in [0.05, 0.1) is 0 Å². The fourth-order valence-electron chi connectivity index (χ4n) is 1.59. The van der Waals surface area contributed by atoms with Crippen molar-refractivity contribution in [2.24, 2.45) is 5.92 Å². The fourth-order valence-corrected chi connectivity index (χ4v) is 1.96. The fraction of sp³-hybridized carbons (Fsp3) is 1.00. The average Bonchev–Trinajstić information content (AvgIpc) is 2.81. The summed E-state index contributed by atoms with van der Waals surface area (Å²) in [7, 11) is 0. The highest BCUT2D eigenvalue weighted by molar-refractivity contribution is 9.09. The van der Waals surface area contributed by atoms with Crippen LogP contribution in [0.1, 0.15) is 26.7 Å². The van der Waals surface area contributed by atoms with Crippen molar-refractivity contribution >= 4 is 15.9 Å². The number of hydrogen-bond acceptors (Lipinski definition) is 1. The minimum atomic E-state index is -4.13. The van der Waals surface area contributed by atoms with Crippen LogP contribution in [-0.2, 0) is 0 Å². The van der Waals surface area contributed by atoms with Gasteiger partial charge < -0.3 is 0 Å². The zero-order valence-corrected chi connectivity index (χ0v) is 10.6. The van der Waals surface area contributed by atoms with E-state index in [9.17, 15) is 13.2 Å². The van der Waals surface area contributed by atoms with Crippen molar-refractivity contribution in [3.05, 3.63) is 0 Å². The van der Waals surface area contributed by atoms with Crippen LogP contribution in [0.25, 0.3) is 0 Å². The number of rotatable bonds is 5. The molecule has 0 aliphatic heterocycles. The monoisotopic (exact) mass is 287 g/mol. The summed E-state index contributed by atoms with van der Waals surface area (Å²) in [6.45, 7) is 4.90. The van der Waals surface area contributed by atoms with Crippen molar-refractivity contribution in [2.75, 3.05) is 13.1 Å². The summed E-state index contributed by atoms with van der Waals surface area (Å²) in [5.74, 6) is 0.415. The maximum atomic E-state index is 12.4. The first-order valence-corrected chi connectivity index (χ1v) is 6.17. The molecule has 0 amide bonds. The van der Waals surface area contributed by atoms with Gasteiger partial charge in [-0.2, -0.15) is 13.2 Å².